The molecule has 14 heavy (non-hydrogen) atoms. The molecule has 0 aliphatic rings. The van der Waals surface area contributed by atoms with Gasteiger partial charge < -0.3 is 4.74 Å². The van der Waals surface area contributed by atoms with Gasteiger partial charge in [0.15, 0.2) is 5.05 Å². The number of hydrogen-bond acceptors (Lipinski definition) is 2. The van der Waals surface area contributed by atoms with Crippen LogP contribution in [0.3, 0.4) is 0 Å². The summed E-state index contributed by atoms with van der Waals surface area (Å²) in [4.78, 5) is 0.169. The highest BCUT2D eigenvalue weighted by Crippen LogP contribution is 2.15. The molecule has 1 aromatic carbocycles. The maximum atomic E-state index is 5.51. The van der Waals surface area contributed by atoms with E-state index < -0.39 is 0 Å². The Hall–Kier alpha value is -0.410. The fourth-order valence-electron chi connectivity index (χ4n) is 1.04. The van der Waals surface area contributed by atoms with Gasteiger partial charge in [-0.2, -0.15) is 0 Å². The van der Waals surface area contributed by atoms with Crippen LogP contribution in [0.2, 0.25) is 0 Å². The molecule has 0 radical (unpaired) electrons. The Bertz CT molecular complexity index is 287. The Morgan fingerprint density at radius 1 is 1.43 bits per heavy atom. The lowest BCUT2D eigenvalue weighted by molar-refractivity contribution is 0.546. The third kappa shape index (κ3) is 3.76. The van der Waals surface area contributed by atoms with Crippen molar-refractivity contribution in [3.05, 3.63) is 30.3 Å². The number of halogens is 1. The molecule has 0 aliphatic heterocycles. The first kappa shape index (κ1) is 11.7. The van der Waals surface area contributed by atoms with Crippen molar-refractivity contribution >= 4 is 33.2 Å². The molecule has 0 saturated carbocycles. The van der Waals surface area contributed by atoms with Crippen molar-refractivity contribution < 1.29 is 4.74 Å². The van der Waals surface area contributed by atoms with Gasteiger partial charge in [-0.3, -0.25) is 0 Å². The van der Waals surface area contributed by atoms with E-state index in [4.69, 9.17) is 17.0 Å². The van der Waals surface area contributed by atoms with Crippen LogP contribution in [0.5, 0.6) is 5.75 Å². The summed E-state index contributed by atoms with van der Waals surface area (Å²) in [6, 6.07) is 9.62. The minimum absolute atomic E-state index is 0.169. The second-order valence-electron chi connectivity index (χ2n) is 2.99. The van der Waals surface area contributed by atoms with Crippen molar-refractivity contribution in [1.29, 1.82) is 0 Å². The van der Waals surface area contributed by atoms with Gasteiger partial charge in [0.05, 0.1) is 4.83 Å². The Balaban J connectivity index is 2.49. The van der Waals surface area contributed by atoms with Crippen LogP contribution in [0.1, 0.15) is 19.8 Å². The summed E-state index contributed by atoms with van der Waals surface area (Å²) in [7, 11) is 0. The van der Waals surface area contributed by atoms with Crippen molar-refractivity contribution in [3.63, 3.8) is 0 Å². The Morgan fingerprint density at radius 2 is 2.07 bits per heavy atom. The normalized spacial score (nSPS) is 12.1. The monoisotopic (exact) mass is 272 g/mol. The Labute approximate surface area is 98.6 Å². The summed E-state index contributed by atoms with van der Waals surface area (Å²) >= 11 is 8.65. The van der Waals surface area contributed by atoms with E-state index in [0.29, 0.717) is 5.05 Å². The number of thiocarbonyl (C=S) groups is 1. The van der Waals surface area contributed by atoms with Crippen molar-refractivity contribution in [2.75, 3.05) is 0 Å². The van der Waals surface area contributed by atoms with Gasteiger partial charge in [0.2, 0.25) is 0 Å². The SMILES string of the molecule is CCCC(Br)C(=S)Oc1ccccc1. The molecule has 1 atom stereocenters. The molecule has 0 heterocycles. The fraction of sp³-hybridized carbons (Fsp3) is 0.364. The maximum Gasteiger partial charge on any atom is 0.180 e. The maximum absolute atomic E-state index is 5.51. The summed E-state index contributed by atoms with van der Waals surface area (Å²) in [6.07, 6.45) is 2.10. The standard InChI is InChI=1S/C11H13BrOS/c1-2-6-10(12)11(14)13-9-7-4-3-5-8-9/h3-5,7-8,10H,2,6H2,1H3. The van der Waals surface area contributed by atoms with Gasteiger partial charge in [-0.25, -0.2) is 0 Å². The van der Waals surface area contributed by atoms with Gasteiger partial charge in [-0.15, -0.1) is 0 Å². The average Bonchev–Trinajstić information content (AvgIpc) is 2.19. The van der Waals surface area contributed by atoms with Crippen LogP contribution in [-0.4, -0.2) is 9.88 Å². The van der Waals surface area contributed by atoms with Gasteiger partial charge in [0.1, 0.15) is 5.75 Å². The first-order valence-electron chi connectivity index (χ1n) is 4.65. The van der Waals surface area contributed by atoms with Crippen molar-refractivity contribution in [3.8, 4) is 5.75 Å². The largest absolute Gasteiger partial charge is 0.449 e. The Kier molecular flexibility index (Phi) is 5.12. The Morgan fingerprint density at radius 3 is 2.64 bits per heavy atom. The number of alkyl halides is 1. The van der Waals surface area contributed by atoms with E-state index >= 15 is 0 Å². The second-order valence-corrected chi connectivity index (χ2v) is 4.50. The van der Waals surface area contributed by atoms with Crippen LogP contribution in [0.4, 0.5) is 0 Å². The number of rotatable bonds is 4. The zero-order valence-electron chi connectivity index (χ0n) is 8.07. The molecular weight excluding hydrogens is 260 g/mol. The van der Waals surface area contributed by atoms with Crippen molar-refractivity contribution in [2.45, 2.75) is 24.6 Å². The highest BCUT2D eigenvalue weighted by Gasteiger charge is 2.11. The third-order valence-corrected chi connectivity index (χ3v) is 3.30. The van der Waals surface area contributed by atoms with Crippen LogP contribution in [-0.2, 0) is 0 Å². The van der Waals surface area contributed by atoms with Crippen LogP contribution < -0.4 is 4.74 Å². The predicted octanol–water partition coefficient (Wildman–Crippen LogP) is 3.96. The van der Waals surface area contributed by atoms with E-state index in [2.05, 4.69) is 22.9 Å². The molecule has 1 nitrogen and oxygen atoms in total. The van der Waals surface area contributed by atoms with E-state index in [1.165, 1.54) is 0 Å². The number of para-hydroxylation sites is 1. The summed E-state index contributed by atoms with van der Waals surface area (Å²) in [5.74, 6) is 0.804. The average molecular weight is 273 g/mol. The molecule has 0 N–H and O–H groups in total. The van der Waals surface area contributed by atoms with Gasteiger partial charge in [0.25, 0.3) is 0 Å². The molecule has 3 heteroatoms. The molecular formula is C11H13BrOS. The van der Waals surface area contributed by atoms with Gasteiger partial charge >= 0.3 is 0 Å². The number of ether oxygens (including phenoxy) is 1. The molecule has 0 saturated heterocycles. The van der Waals surface area contributed by atoms with Crippen LogP contribution >= 0.6 is 28.1 Å². The van der Waals surface area contributed by atoms with E-state index in [-0.39, 0.29) is 4.83 Å². The van der Waals surface area contributed by atoms with E-state index in [1.807, 2.05) is 30.3 Å². The molecule has 1 aromatic rings. The number of benzene rings is 1. The molecule has 0 aromatic heterocycles. The molecule has 76 valence electrons. The lowest BCUT2D eigenvalue weighted by Crippen LogP contribution is -2.17. The molecule has 0 spiro atoms. The minimum Gasteiger partial charge on any atom is -0.449 e. The lowest BCUT2D eigenvalue weighted by Gasteiger charge is -2.11. The molecule has 1 unspecified atom stereocenters. The predicted molar refractivity (Wildman–Crippen MR) is 67.3 cm³/mol. The van der Waals surface area contributed by atoms with Crippen LogP contribution in [0, 0.1) is 0 Å². The smallest absolute Gasteiger partial charge is 0.180 e. The minimum atomic E-state index is 0.169. The molecule has 1 rings (SSSR count). The van der Waals surface area contributed by atoms with Crippen LogP contribution in [0.25, 0.3) is 0 Å². The van der Waals surface area contributed by atoms with E-state index in [0.717, 1.165) is 18.6 Å². The fourth-order valence-corrected chi connectivity index (χ4v) is 1.81. The topological polar surface area (TPSA) is 9.23 Å². The van der Waals surface area contributed by atoms with Gasteiger partial charge in [-0.05, 0) is 30.8 Å². The lowest BCUT2D eigenvalue weighted by atomic mass is 10.2. The summed E-state index contributed by atoms with van der Waals surface area (Å²) in [5, 5.41) is 0.609. The summed E-state index contributed by atoms with van der Waals surface area (Å²) in [5.41, 5.74) is 0. The van der Waals surface area contributed by atoms with E-state index in [1.54, 1.807) is 0 Å². The first-order chi connectivity index (χ1) is 6.74. The first-order valence-corrected chi connectivity index (χ1v) is 5.97. The zero-order valence-corrected chi connectivity index (χ0v) is 10.5. The zero-order chi connectivity index (χ0) is 10.4. The van der Waals surface area contributed by atoms with Crippen LogP contribution in [0.15, 0.2) is 30.3 Å². The van der Waals surface area contributed by atoms with Crippen molar-refractivity contribution in [2.24, 2.45) is 0 Å². The summed E-state index contributed by atoms with van der Waals surface area (Å²) in [6.45, 7) is 2.12. The number of hydrogen-bond donors (Lipinski definition) is 0. The van der Waals surface area contributed by atoms with Gasteiger partial charge in [-0.1, -0.05) is 47.5 Å². The molecule has 0 aliphatic carbocycles. The molecule has 0 fully saturated rings. The molecule has 0 amide bonds. The van der Waals surface area contributed by atoms with E-state index in [9.17, 15) is 0 Å². The van der Waals surface area contributed by atoms with Gasteiger partial charge in [0, 0.05) is 0 Å². The quantitative estimate of drug-likeness (QED) is 0.606. The highest BCUT2D eigenvalue weighted by molar-refractivity contribution is 9.10. The molecule has 0 bridgehead atoms. The highest BCUT2D eigenvalue weighted by atomic mass is 79.9. The third-order valence-electron chi connectivity index (χ3n) is 1.76. The summed E-state index contributed by atoms with van der Waals surface area (Å²) < 4.78 is 5.51. The second kappa shape index (κ2) is 6.14. The van der Waals surface area contributed by atoms with Crippen molar-refractivity contribution in [1.82, 2.24) is 0 Å².